The van der Waals surface area contributed by atoms with Crippen LogP contribution < -0.4 is 5.32 Å². The van der Waals surface area contributed by atoms with E-state index in [0.29, 0.717) is 6.04 Å². The molecule has 4 nitrogen and oxygen atoms in total. The lowest BCUT2D eigenvalue weighted by atomic mass is 10.0. The van der Waals surface area contributed by atoms with Gasteiger partial charge >= 0.3 is 0 Å². The van der Waals surface area contributed by atoms with Crippen LogP contribution in [-0.4, -0.2) is 47.2 Å². The van der Waals surface area contributed by atoms with E-state index in [9.17, 15) is 0 Å². The SMILES string of the molecule is C=C(/C=C\C)/C=C/CN1CCC(n2c(CCNCC)nc3ccccc32)CC1. The summed E-state index contributed by atoms with van der Waals surface area (Å²) in [5, 5.41) is 3.44. The van der Waals surface area contributed by atoms with E-state index < -0.39 is 0 Å². The number of likely N-dealkylation sites (tertiary alicyclic amines) is 1. The summed E-state index contributed by atoms with van der Waals surface area (Å²) < 4.78 is 2.52. The Kier molecular flexibility index (Phi) is 7.63. The summed E-state index contributed by atoms with van der Waals surface area (Å²) in [4.78, 5) is 7.48. The van der Waals surface area contributed by atoms with Crippen molar-refractivity contribution < 1.29 is 0 Å². The van der Waals surface area contributed by atoms with Gasteiger partial charge in [0.15, 0.2) is 0 Å². The molecule has 1 fully saturated rings. The fourth-order valence-corrected chi connectivity index (χ4v) is 4.04. The molecule has 0 unspecified atom stereocenters. The van der Waals surface area contributed by atoms with Gasteiger partial charge in [0.05, 0.1) is 11.0 Å². The number of aromatic nitrogens is 2. The fraction of sp³-hybridized carbons (Fsp3) is 0.458. The zero-order valence-corrected chi connectivity index (χ0v) is 17.4. The smallest absolute Gasteiger partial charge is 0.111 e. The van der Waals surface area contributed by atoms with Crippen molar-refractivity contribution in [3.63, 3.8) is 0 Å². The number of imidazole rings is 1. The van der Waals surface area contributed by atoms with Crippen LogP contribution in [0, 0.1) is 0 Å². The standard InChI is InChI=1S/C24H34N4/c1-4-9-20(3)10-8-17-27-18-14-21(15-19-27)28-23-12-7-6-11-22(23)26-24(28)13-16-25-5-2/h4,6-12,21,25H,3,5,13-19H2,1-2H3/b9-4-,10-8+. The predicted molar refractivity (Wildman–Crippen MR) is 120 cm³/mol. The maximum Gasteiger partial charge on any atom is 0.111 e. The second kappa shape index (κ2) is 10.4. The average Bonchev–Trinajstić information content (AvgIpc) is 3.07. The van der Waals surface area contributed by atoms with Gasteiger partial charge in [0, 0.05) is 38.6 Å². The summed E-state index contributed by atoms with van der Waals surface area (Å²) in [6, 6.07) is 9.12. The van der Waals surface area contributed by atoms with Gasteiger partial charge in [0.25, 0.3) is 0 Å². The minimum Gasteiger partial charge on any atom is -0.325 e. The molecule has 150 valence electrons. The number of hydrogen-bond acceptors (Lipinski definition) is 3. The molecule has 1 aliphatic rings. The molecule has 1 saturated heterocycles. The molecule has 1 aliphatic heterocycles. The number of likely N-dealkylation sites (N-methyl/N-ethyl adjacent to an activating group) is 1. The maximum absolute atomic E-state index is 4.95. The zero-order chi connectivity index (χ0) is 19.8. The van der Waals surface area contributed by atoms with Crippen molar-refractivity contribution in [2.75, 3.05) is 32.7 Å². The monoisotopic (exact) mass is 378 g/mol. The summed E-state index contributed by atoms with van der Waals surface area (Å²) in [5.41, 5.74) is 3.48. The molecule has 1 aromatic carbocycles. The van der Waals surface area contributed by atoms with Crippen LogP contribution in [-0.2, 0) is 6.42 Å². The van der Waals surface area contributed by atoms with Crippen molar-refractivity contribution in [2.24, 2.45) is 0 Å². The first kappa shape index (κ1) is 20.6. The van der Waals surface area contributed by atoms with Crippen molar-refractivity contribution in [3.8, 4) is 0 Å². The van der Waals surface area contributed by atoms with Crippen LogP contribution in [0.15, 0.2) is 60.7 Å². The minimum absolute atomic E-state index is 0.544. The Morgan fingerprint density at radius 2 is 2.04 bits per heavy atom. The molecule has 0 amide bonds. The van der Waals surface area contributed by atoms with Crippen molar-refractivity contribution >= 4 is 11.0 Å². The largest absolute Gasteiger partial charge is 0.325 e. The Morgan fingerprint density at radius 3 is 2.79 bits per heavy atom. The summed E-state index contributed by atoms with van der Waals surface area (Å²) in [6.07, 6.45) is 11.8. The third-order valence-corrected chi connectivity index (χ3v) is 5.44. The van der Waals surface area contributed by atoms with Crippen LogP contribution in [0.25, 0.3) is 11.0 Å². The molecule has 3 rings (SSSR count). The summed E-state index contributed by atoms with van der Waals surface area (Å²) >= 11 is 0. The van der Waals surface area contributed by atoms with E-state index in [1.165, 1.54) is 24.2 Å². The Morgan fingerprint density at radius 1 is 1.25 bits per heavy atom. The molecule has 0 aliphatic carbocycles. The quantitative estimate of drug-likeness (QED) is 0.515. The highest BCUT2D eigenvalue weighted by Crippen LogP contribution is 2.29. The highest BCUT2D eigenvalue weighted by atomic mass is 15.2. The molecule has 1 aromatic heterocycles. The summed E-state index contributed by atoms with van der Waals surface area (Å²) in [7, 11) is 0. The van der Waals surface area contributed by atoms with Crippen molar-refractivity contribution in [1.82, 2.24) is 19.8 Å². The third kappa shape index (κ3) is 5.21. The number of benzene rings is 1. The first-order valence-corrected chi connectivity index (χ1v) is 10.6. The number of hydrogen-bond donors (Lipinski definition) is 1. The van der Waals surface area contributed by atoms with Gasteiger partial charge in [-0.25, -0.2) is 4.98 Å². The van der Waals surface area contributed by atoms with E-state index >= 15 is 0 Å². The number of allylic oxidation sites excluding steroid dienone is 4. The summed E-state index contributed by atoms with van der Waals surface area (Å²) in [6.45, 7) is 13.5. The van der Waals surface area contributed by atoms with E-state index in [4.69, 9.17) is 4.98 Å². The lowest BCUT2D eigenvalue weighted by Crippen LogP contribution is -2.35. The predicted octanol–water partition coefficient (Wildman–Crippen LogP) is 4.51. The summed E-state index contributed by atoms with van der Waals surface area (Å²) in [5.74, 6) is 1.23. The highest BCUT2D eigenvalue weighted by Gasteiger charge is 2.23. The molecular weight excluding hydrogens is 344 g/mol. The number of nitrogens with one attached hydrogen (secondary N) is 1. The van der Waals surface area contributed by atoms with Crippen molar-refractivity contribution in [3.05, 3.63) is 66.5 Å². The maximum atomic E-state index is 4.95. The van der Waals surface area contributed by atoms with Gasteiger partial charge in [0.2, 0.25) is 0 Å². The van der Waals surface area contributed by atoms with Gasteiger partial charge in [0.1, 0.15) is 5.82 Å². The topological polar surface area (TPSA) is 33.1 Å². The number of para-hydroxylation sites is 2. The van der Waals surface area contributed by atoms with Gasteiger partial charge < -0.3 is 9.88 Å². The van der Waals surface area contributed by atoms with Crippen LogP contribution in [0.3, 0.4) is 0 Å². The Bertz CT molecular complexity index is 822. The molecule has 2 aromatic rings. The van der Waals surface area contributed by atoms with Gasteiger partial charge in [-0.2, -0.15) is 0 Å². The molecule has 0 saturated carbocycles. The average molecular weight is 379 g/mol. The van der Waals surface area contributed by atoms with E-state index in [2.05, 4.69) is 64.7 Å². The second-order valence-electron chi connectivity index (χ2n) is 7.50. The molecule has 28 heavy (non-hydrogen) atoms. The lowest BCUT2D eigenvalue weighted by molar-refractivity contribution is 0.203. The first-order chi connectivity index (χ1) is 13.7. The third-order valence-electron chi connectivity index (χ3n) is 5.44. The molecule has 0 atom stereocenters. The van der Waals surface area contributed by atoms with Crippen LogP contribution in [0.2, 0.25) is 0 Å². The molecule has 0 radical (unpaired) electrons. The number of piperidine rings is 1. The van der Waals surface area contributed by atoms with Crippen molar-refractivity contribution in [2.45, 2.75) is 39.2 Å². The van der Waals surface area contributed by atoms with Gasteiger partial charge in [-0.1, -0.05) is 49.9 Å². The van der Waals surface area contributed by atoms with Crippen LogP contribution in [0.4, 0.5) is 0 Å². The Balaban J connectivity index is 1.65. The van der Waals surface area contributed by atoms with Crippen LogP contribution >= 0.6 is 0 Å². The Hall–Kier alpha value is -2.17. The molecule has 1 N–H and O–H groups in total. The van der Waals surface area contributed by atoms with Crippen LogP contribution in [0.5, 0.6) is 0 Å². The normalized spacial score (nSPS) is 16.6. The fourth-order valence-electron chi connectivity index (χ4n) is 4.04. The second-order valence-corrected chi connectivity index (χ2v) is 7.50. The zero-order valence-electron chi connectivity index (χ0n) is 17.4. The molecule has 0 spiro atoms. The highest BCUT2D eigenvalue weighted by molar-refractivity contribution is 5.76. The van der Waals surface area contributed by atoms with E-state index in [0.717, 1.165) is 50.2 Å². The van der Waals surface area contributed by atoms with Gasteiger partial charge in [-0.3, -0.25) is 4.90 Å². The molecule has 2 heterocycles. The molecule has 0 bridgehead atoms. The van der Waals surface area contributed by atoms with E-state index in [1.54, 1.807) is 0 Å². The minimum atomic E-state index is 0.544. The van der Waals surface area contributed by atoms with E-state index in [1.807, 2.05) is 19.1 Å². The van der Waals surface area contributed by atoms with Crippen LogP contribution in [0.1, 0.15) is 38.6 Å². The number of nitrogens with zero attached hydrogens (tertiary/aromatic N) is 3. The molecule has 4 heteroatoms. The lowest BCUT2D eigenvalue weighted by Gasteiger charge is -2.33. The van der Waals surface area contributed by atoms with Crippen molar-refractivity contribution in [1.29, 1.82) is 0 Å². The number of fused-ring (bicyclic) bond motifs is 1. The van der Waals surface area contributed by atoms with E-state index in [-0.39, 0.29) is 0 Å². The first-order valence-electron chi connectivity index (χ1n) is 10.6. The number of rotatable bonds is 9. The Labute approximate surface area is 169 Å². The van der Waals surface area contributed by atoms with Gasteiger partial charge in [-0.15, -0.1) is 0 Å². The molecular formula is C24H34N4. The van der Waals surface area contributed by atoms with Gasteiger partial charge in [-0.05, 0) is 44.0 Å².